The number of anilines is 1. The number of pyridine rings is 1. The minimum Gasteiger partial charge on any atom is -0.377 e. The number of fused-ring (bicyclic) bond motifs is 1. The smallest absolute Gasteiger partial charge is 0.279 e. The Morgan fingerprint density at radius 1 is 1.30 bits per heavy atom. The third kappa shape index (κ3) is 6.17. The van der Waals surface area contributed by atoms with E-state index in [1.807, 2.05) is 24.6 Å². The number of aromatic nitrogens is 4. The maximum absolute atomic E-state index is 13.6. The summed E-state index contributed by atoms with van der Waals surface area (Å²) >= 11 is 0. The average Bonchev–Trinajstić information content (AvgIpc) is 3.57. The van der Waals surface area contributed by atoms with Crippen LogP contribution in [0.1, 0.15) is 36.7 Å². The van der Waals surface area contributed by atoms with Crippen LogP contribution in [-0.2, 0) is 19.5 Å². The highest BCUT2D eigenvalue weighted by Gasteiger charge is 2.24. The van der Waals surface area contributed by atoms with Crippen LogP contribution >= 0.6 is 0 Å². The lowest BCUT2D eigenvalue weighted by molar-refractivity contribution is 0.296. The zero-order valence-electron chi connectivity index (χ0n) is 22.0. The highest BCUT2D eigenvalue weighted by molar-refractivity contribution is 5.55. The lowest BCUT2D eigenvalue weighted by Crippen LogP contribution is -2.33. The fraction of sp³-hybridized carbons (Fsp3) is 0.393. The van der Waals surface area contributed by atoms with Gasteiger partial charge in [-0.05, 0) is 50.4 Å². The summed E-state index contributed by atoms with van der Waals surface area (Å²) in [5.41, 5.74) is 4.27. The summed E-state index contributed by atoms with van der Waals surface area (Å²) in [6.07, 6.45) is 6.14. The number of hydrogen-bond donors (Lipinski definition) is 1. The monoisotopic (exact) mass is 505 g/mol. The normalized spacial score (nSPS) is 13.2. The van der Waals surface area contributed by atoms with E-state index in [0.29, 0.717) is 54.5 Å². The Morgan fingerprint density at radius 3 is 2.68 bits per heavy atom. The number of hydrogen-bond acceptors (Lipinski definition) is 6. The molecule has 0 saturated heterocycles. The average molecular weight is 506 g/mol. The molecule has 1 fully saturated rings. The van der Waals surface area contributed by atoms with E-state index in [2.05, 4.69) is 52.0 Å². The van der Waals surface area contributed by atoms with E-state index in [1.54, 1.807) is 12.1 Å². The zero-order valence-corrected chi connectivity index (χ0v) is 22.0. The van der Waals surface area contributed by atoms with E-state index >= 15 is 0 Å². The molecule has 0 aromatic carbocycles. The Bertz CT molecular complexity index is 1370. The highest BCUT2D eigenvalue weighted by Crippen LogP contribution is 2.30. The largest absolute Gasteiger partial charge is 0.377 e. The molecule has 8 nitrogen and oxygen atoms in total. The van der Waals surface area contributed by atoms with Gasteiger partial charge < -0.3 is 14.8 Å². The van der Waals surface area contributed by atoms with E-state index < -0.39 is 5.82 Å². The number of halogens is 1. The van der Waals surface area contributed by atoms with E-state index in [1.165, 1.54) is 23.4 Å². The first kappa shape index (κ1) is 26.3. The number of nitrogens with one attached hydrogen (secondary N) is 1. The van der Waals surface area contributed by atoms with Crippen molar-refractivity contribution in [2.75, 3.05) is 32.5 Å². The van der Waals surface area contributed by atoms with Gasteiger partial charge >= 0.3 is 0 Å². The van der Waals surface area contributed by atoms with Crippen molar-refractivity contribution in [2.24, 2.45) is 5.92 Å². The number of allylic oxidation sites excluding steroid dienone is 1. The molecule has 0 spiro atoms. The molecule has 0 bridgehead atoms. The van der Waals surface area contributed by atoms with Crippen LogP contribution < -0.4 is 10.9 Å². The van der Waals surface area contributed by atoms with Gasteiger partial charge in [0, 0.05) is 44.1 Å². The van der Waals surface area contributed by atoms with Crippen LogP contribution in [0.15, 0.2) is 60.3 Å². The molecule has 3 aromatic heterocycles. The van der Waals surface area contributed by atoms with Gasteiger partial charge in [-0.1, -0.05) is 26.7 Å². The van der Waals surface area contributed by atoms with Crippen molar-refractivity contribution >= 4 is 17.5 Å². The minimum absolute atomic E-state index is 0.164. The van der Waals surface area contributed by atoms with Crippen molar-refractivity contribution in [3.63, 3.8) is 0 Å². The highest BCUT2D eigenvalue weighted by atomic mass is 19.1. The SMILES string of the molecule is C=Cc1c(CN(C)CC(=C)N(C)CC2CC2)c(=O)n2nc(CC)cc2n1CC(=C)Nc1ccc(F)cn1. The summed E-state index contributed by atoms with van der Waals surface area (Å²) in [4.78, 5) is 22.0. The zero-order chi connectivity index (χ0) is 26.7. The van der Waals surface area contributed by atoms with E-state index in [-0.39, 0.29) is 5.56 Å². The molecule has 4 rings (SSSR count). The second kappa shape index (κ2) is 11.1. The van der Waals surface area contributed by atoms with Crippen LogP contribution in [-0.4, -0.2) is 56.1 Å². The maximum atomic E-state index is 13.6. The molecule has 0 radical (unpaired) electrons. The molecular weight excluding hydrogens is 469 g/mol. The molecule has 1 aliphatic rings. The molecule has 3 aromatic rings. The first-order valence-electron chi connectivity index (χ1n) is 12.6. The summed E-state index contributed by atoms with van der Waals surface area (Å²) in [5.74, 6) is 0.849. The summed E-state index contributed by atoms with van der Waals surface area (Å²) < 4.78 is 16.7. The summed E-state index contributed by atoms with van der Waals surface area (Å²) in [6.45, 7) is 16.8. The van der Waals surface area contributed by atoms with E-state index in [0.717, 1.165) is 30.1 Å². The summed E-state index contributed by atoms with van der Waals surface area (Å²) in [7, 11) is 4.06. The number of nitrogens with zero attached hydrogens (tertiary/aromatic N) is 6. The van der Waals surface area contributed by atoms with Crippen molar-refractivity contribution < 1.29 is 4.39 Å². The third-order valence-electron chi connectivity index (χ3n) is 6.65. The van der Waals surface area contributed by atoms with Crippen LogP contribution in [0.5, 0.6) is 0 Å². The predicted molar refractivity (Wildman–Crippen MR) is 147 cm³/mol. The van der Waals surface area contributed by atoms with Crippen molar-refractivity contribution in [1.29, 1.82) is 0 Å². The van der Waals surface area contributed by atoms with Gasteiger partial charge in [0.25, 0.3) is 5.56 Å². The Morgan fingerprint density at radius 2 is 2.05 bits per heavy atom. The second-order valence-corrected chi connectivity index (χ2v) is 9.87. The summed E-state index contributed by atoms with van der Waals surface area (Å²) in [6, 6.07) is 4.81. The molecule has 3 heterocycles. The van der Waals surface area contributed by atoms with Crippen LogP contribution in [0.25, 0.3) is 11.7 Å². The van der Waals surface area contributed by atoms with Crippen molar-refractivity contribution in [1.82, 2.24) is 29.0 Å². The van der Waals surface area contributed by atoms with Gasteiger partial charge in [0.15, 0.2) is 0 Å². The molecular formula is C28H36FN7O. The molecule has 0 atom stereocenters. The summed E-state index contributed by atoms with van der Waals surface area (Å²) in [5, 5.41) is 7.69. The van der Waals surface area contributed by atoms with Gasteiger partial charge in [-0.25, -0.2) is 9.37 Å². The Balaban J connectivity index is 1.63. The lowest BCUT2D eigenvalue weighted by atomic mass is 10.1. The maximum Gasteiger partial charge on any atom is 0.279 e. The third-order valence-corrected chi connectivity index (χ3v) is 6.65. The molecule has 0 aliphatic heterocycles. The lowest BCUT2D eigenvalue weighted by Gasteiger charge is -2.27. The first-order chi connectivity index (χ1) is 17.7. The van der Waals surface area contributed by atoms with Crippen molar-refractivity contribution in [3.05, 3.63) is 88.6 Å². The molecule has 0 amide bonds. The number of aryl methyl sites for hydroxylation is 1. The van der Waals surface area contributed by atoms with Crippen molar-refractivity contribution in [2.45, 2.75) is 39.3 Å². The first-order valence-corrected chi connectivity index (χ1v) is 12.6. The molecule has 0 unspecified atom stereocenters. The predicted octanol–water partition coefficient (Wildman–Crippen LogP) is 4.15. The topological polar surface area (TPSA) is 70.7 Å². The van der Waals surface area contributed by atoms with Gasteiger partial charge in [-0.2, -0.15) is 9.61 Å². The van der Waals surface area contributed by atoms with E-state index in [4.69, 9.17) is 0 Å². The second-order valence-electron chi connectivity index (χ2n) is 9.87. The van der Waals surface area contributed by atoms with Gasteiger partial charge in [0.05, 0.1) is 29.7 Å². The standard InChI is InChI=1S/C28H36FN7O/c1-7-23-13-27-35(15-19(3)31-26-12-11-22(29)14-30-26)25(8-2)24(28(37)36(27)32-23)18-33(5)16-20(4)34(6)17-21-9-10-21/h8,11-14,21H,2-4,7,9-10,15-18H2,1,5-6H3,(H,30,31). The Hall–Kier alpha value is -3.72. The van der Waals surface area contributed by atoms with Crippen molar-refractivity contribution in [3.8, 4) is 0 Å². The quantitative estimate of drug-likeness (QED) is 0.376. The Labute approximate surface area is 217 Å². The molecule has 1 aliphatic carbocycles. The van der Waals surface area contributed by atoms with Gasteiger partial charge in [0.2, 0.25) is 0 Å². The van der Waals surface area contributed by atoms with Gasteiger partial charge in [0.1, 0.15) is 17.3 Å². The van der Waals surface area contributed by atoms with Crippen LogP contribution in [0, 0.1) is 11.7 Å². The molecule has 1 N–H and O–H groups in total. The molecule has 37 heavy (non-hydrogen) atoms. The van der Waals surface area contributed by atoms with Gasteiger partial charge in [-0.15, -0.1) is 0 Å². The number of rotatable bonds is 13. The Kier molecular flexibility index (Phi) is 7.92. The van der Waals surface area contributed by atoms with Crippen LogP contribution in [0.4, 0.5) is 10.2 Å². The fourth-order valence-electron chi connectivity index (χ4n) is 4.44. The number of likely N-dealkylation sites (N-methyl/N-ethyl adjacent to an activating group) is 2. The minimum atomic E-state index is -0.409. The van der Waals surface area contributed by atoms with Gasteiger partial charge in [-0.3, -0.25) is 9.69 Å². The molecule has 1 saturated carbocycles. The van der Waals surface area contributed by atoms with Crippen LogP contribution in [0.2, 0.25) is 0 Å². The molecule has 9 heteroatoms. The molecule has 196 valence electrons. The van der Waals surface area contributed by atoms with E-state index in [9.17, 15) is 9.18 Å². The van der Waals surface area contributed by atoms with Crippen LogP contribution in [0.3, 0.4) is 0 Å². The fourth-order valence-corrected chi connectivity index (χ4v) is 4.44.